The van der Waals surface area contributed by atoms with E-state index in [2.05, 4.69) is 0 Å². The Labute approximate surface area is 230 Å². The fraction of sp³-hybridized carbons (Fsp3) is 0.219. The summed E-state index contributed by atoms with van der Waals surface area (Å²) in [5, 5.41) is 0. The van der Waals surface area contributed by atoms with Gasteiger partial charge in [-0.1, -0.05) is 72.8 Å². The highest BCUT2D eigenvalue weighted by Gasteiger charge is 2.79. The van der Waals surface area contributed by atoms with Gasteiger partial charge in [0.05, 0.1) is 47.1 Å². The molecule has 4 amide bonds. The van der Waals surface area contributed by atoms with E-state index in [9.17, 15) is 19.2 Å². The van der Waals surface area contributed by atoms with Crippen LogP contribution in [-0.4, -0.2) is 40.4 Å². The lowest BCUT2D eigenvalue weighted by Crippen LogP contribution is -2.69. The van der Waals surface area contributed by atoms with E-state index in [1.807, 2.05) is 53.4 Å². The number of nitrogens with zero attached hydrogens (tertiary/aromatic N) is 4. The summed E-state index contributed by atoms with van der Waals surface area (Å²) >= 11 is 0. The second-order valence-electron chi connectivity index (χ2n) is 11.0. The van der Waals surface area contributed by atoms with Crippen molar-refractivity contribution in [2.45, 2.75) is 12.1 Å². The highest BCUT2D eigenvalue weighted by Crippen LogP contribution is 2.66. The van der Waals surface area contributed by atoms with Gasteiger partial charge in [0.2, 0.25) is 23.6 Å². The van der Waals surface area contributed by atoms with E-state index in [0.717, 1.165) is 5.56 Å². The Balaban J connectivity index is 1.33. The van der Waals surface area contributed by atoms with Gasteiger partial charge < -0.3 is 4.90 Å². The van der Waals surface area contributed by atoms with Crippen LogP contribution in [0.15, 0.2) is 108 Å². The number of imide groups is 2. The second kappa shape index (κ2) is 8.08. The maximum Gasteiger partial charge on any atom is 0.240 e. The number of hydrogen-bond acceptors (Lipinski definition) is 6. The molecule has 1 saturated carbocycles. The second-order valence-corrected chi connectivity index (χ2v) is 11.0. The number of para-hydroxylation sites is 2. The molecule has 2 bridgehead atoms. The molecule has 3 heterocycles. The first-order valence-corrected chi connectivity index (χ1v) is 13.5. The Morgan fingerprint density at radius 3 is 1.60 bits per heavy atom. The highest BCUT2D eigenvalue weighted by atomic mass is 16.2. The molecule has 3 fully saturated rings. The smallest absolute Gasteiger partial charge is 0.240 e. The van der Waals surface area contributed by atoms with Crippen LogP contribution < -0.4 is 9.80 Å². The van der Waals surface area contributed by atoms with Crippen LogP contribution in [0, 0.1) is 29.6 Å². The standard InChI is InChI=1S/C32H24N4O4/c37-28-24-22-16-23-32(34(18-33-23)17-19-10-4-1-5-11-19,26(24)30(39)35(28)20-12-6-2-7-13-20)27-25(22)29(38)36(31(27)40)21-14-8-3-9-15-21/h1-16,18,22,24-27H,17H2/t22?,24-,25-,26+,27+,32?/m0/s1. The lowest BCUT2D eigenvalue weighted by molar-refractivity contribution is -0.148. The highest BCUT2D eigenvalue weighted by molar-refractivity contribution is 6.27. The third-order valence-electron chi connectivity index (χ3n) is 9.28. The molecule has 2 saturated heterocycles. The molecule has 8 heteroatoms. The third kappa shape index (κ3) is 2.72. The summed E-state index contributed by atoms with van der Waals surface area (Å²) in [6.07, 6.45) is 3.58. The average molecular weight is 529 g/mol. The first-order valence-electron chi connectivity index (χ1n) is 13.5. The Hall–Kier alpha value is -4.85. The van der Waals surface area contributed by atoms with Crippen LogP contribution in [0.4, 0.5) is 11.4 Å². The number of carbonyl (C=O) groups is 4. The zero-order valence-corrected chi connectivity index (χ0v) is 21.3. The summed E-state index contributed by atoms with van der Waals surface area (Å²) in [5.41, 5.74) is 1.30. The van der Waals surface area contributed by atoms with Crippen molar-refractivity contribution >= 4 is 41.3 Å². The molecule has 3 aromatic rings. The molecule has 9 rings (SSSR count). The fourth-order valence-electron chi connectivity index (χ4n) is 7.84. The molecule has 3 aliphatic heterocycles. The van der Waals surface area contributed by atoms with Crippen molar-refractivity contribution in [3.05, 3.63) is 108 Å². The summed E-state index contributed by atoms with van der Waals surface area (Å²) < 4.78 is 0. The molecule has 1 spiro atoms. The van der Waals surface area contributed by atoms with Crippen molar-refractivity contribution in [1.82, 2.24) is 4.90 Å². The largest absolute Gasteiger partial charge is 0.345 e. The van der Waals surface area contributed by atoms with Crippen molar-refractivity contribution in [2.24, 2.45) is 34.6 Å². The van der Waals surface area contributed by atoms with Gasteiger partial charge in [-0.2, -0.15) is 0 Å². The maximum absolute atomic E-state index is 14.4. The molecule has 3 aliphatic carbocycles. The number of aliphatic imine (C=N–C) groups is 1. The molecular formula is C32H24N4O4. The van der Waals surface area contributed by atoms with Gasteiger partial charge in [-0.3, -0.25) is 19.2 Å². The minimum absolute atomic E-state index is 0.329. The van der Waals surface area contributed by atoms with Crippen LogP contribution in [0.2, 0.25) is 0 Å². The van der Waals surface area contributed by atoms with E-state index < -0.39 is 35.1 Å². The zero-order chi connectivity index (χ0) is 27.2. The maximum atomic E-state index is 14.4. The van der Waals surface area contributed by atoms with Crippen LogP contribution in [0.5, 0.6) is 0 Å². The van der Waals surface area contributed by atoms with E-state index in [1.165, 1.54) is 9.80 Å². The predicted octanol–water partition coefficient (Wildman–Crippen LogP) is 3.41. The summed E-state index contributed by atoms with van der Waals surface area (Å²) in [6.45, 7) is 0.373. The molecule has 196 valence electrons. The quantitative estimate of drug-likeness (QED) is 0.484. The van der Waals surface area contributed by atoms with E-state index in [1.54, 1.807) is 54.9 Å². The van der Waals surface area contributed by atoms with Crippen molar-refractivity contribution in [3.63, 3.8) is 0 Å². The monoisotopic (exact) mass is 528 g/mol. The molecular weight excluding hydrogens is 504 g/mol. The molecule has 40 heavy (non-hydrogen) atoms. The summed E-state index contributed by atoms with van der Waals surface area (Å²) in [5.74, 6) is -5.23. The van der Waals surface area contributed by atoms with Gasteiger partial charge in [0.25, 0.3) is 0 Å². The van der Waals surface area contributed by atoms with Crippen LogP contribution >= 0.6 is 0 Å². The third-order valence-corrected chi connectivity index (χ3v) is 9.28. The number of amides is 4. The average Bonchev–Trinajstić information content (AvgIpc) is 3.58. The molecule has 0 N–H and O–H groups in total. The van der Waals surface area contributed by atoms with Gasteiger partial charge in [0.1, 0.15) is 5.54 Å². The molecule has 8 nitrogen and oxygen atoms in total. The van der Waals surface area contributed by atoms with Gasteiger partial charge in [-0.25, -0.2) is 14.8 Å². The molecule has 0 unspecified atom stereocenters. The lowest BCUT2D eigenvalue weighted by atomic mass is 9.49. The van der Waals surface area contributed by atoms with Gasteiger partial charge in [0.15, 0.2) is 0 Å². The molecule has 3 aromatic carbocycles. The van der Waals surface area contributed by atoms with Crippen LogP contribution in [0.1, 0.15) is 5.56 Å². The summed E-state index contributed by atoms with van der Waals surface area (Å²) in [6, 6.07) is 27.5. The van der Waals surface area contributed by atoms with Crippen molar-refractivity contribution < 1.29 is 19.2 Å². The van der Waals surface area contributed by atoms with E-state index in [4.69, 9.17) is 4.99 Å². The van der Waals surface area contributed by atoms with Crippen molar-refractivity contribution in [2.75, 3.05) is 9.80 Å². The van der Waals surface area contributed by atoms with Gasteiger partial charge >= 0.3 is 0 Å². The zero-order valence-electron chi connectivity index (χ0n) is 21.3. The Kier molecular flexibility index (Phi) is 4.66. The SMILES string of the molecule is O=C1[C@H]2C3C=C4N=CN(Cc5ccccc5)C4([C@H]2C(=O)N1c1ccccc1)[C@H]1C(=O)N(c2ccccc2)C(=O)[C@@H]31. The van der Waals surface area contributed by atoms with Gasteiger partial charge in [-0.15, -0.1) is 0 Å². The van der Waals surface area contributed by atoms with E-state index in [-0.39, 0.29) is 23.6 Å². The van der Waals surface area contributed by atoms with Crippen molar-refractivity contribution in [3.8, 4) is 0 Å². The normalized spacial score (nSPS) is 31.6. The van der Waals surface area contributed by atoms with Crippen LogP contribution in [-0.2, 0) is 25.7 Å². The molecule has 0 radical (unpaired) electrons. The first-order chi connectivity index (χ1) is 19.5. The van der Waals surface area contributed by atoms with Crippen LogP contribution in [0.25, 0.3) is 0 Å². The van der Waals surface area contributed by atoms with Gasteiger partial charge in [0, 0.05) is 12.5 Å². The van der Waals surface area contributed by atoms with Gasteiger partial charge in [-0.05, 0) is 29.8 Å². The number of rotatable bonds is 4. The Morgan fingerprint density at radius 1 is 0.625 bits per heavy atom. The van der Waals surface area contributed by atoms with E-state index >= 15 is 0 Å². The number of anilines is 2. The Morgan fingerprint density at radius 2 is 1.10 bits per heavy atom. The summed E-state index contributed by atoms with van der Waals surface area (Å²) in [4.78, 5) is 66.2. The number of hydrogen-bond donors (Lipinski definition) is 0. The topological polar surface area (TPSA) is 90.4 Å². The lowest BCUT2D eigenvalue weighted by Gasteiger charge is -2.56. The minimum Gasteiger partial charge on any atom is -0.345 e. The van der Waals surface area contributed by atoms with E-state index in [0.29, 0.717) is 23.6 Å². The summed E-state index contributed by atoms with van der Waals surface area (Å²) in [7, 11) is 0. The predicted molar refractivity (Wildman–Crippen MR) is 147 cm³/mol. The minimum atomic E-state index is -1.26. The molecule has 0 aromatic heterocycles. The Bertz CT molecular complexity index is 1570. The molecule has 6 aliphatic rings. The number of carbonyl (C=O) groups excluding carboxylic acids is 4. The first kappa shape index (κ1) is 23.1. The molecule has 4 atom stereocenters. The number of benzene rings is 3. The van der Waals surface area contributed by atoms with Crippen LogP contribution in [0.3, 0.4) is 0 Å². The number of allylic oxidation sites excluding steroid dienone is 1. The van der Waals surface area contributed by atoms with Crippen molar-refractivity contribution in [1.29, 1.82) is 0 Å². The fourth-order valence-corrected chi connectivity index (χ4v) is 7.84.